The van der Waals surface area contributed by atoms with E-state index in [4.69, 9.17) is 0 Å². The van der Waals surface area contributed by atoms with E-state index in [1.807, 2.05) is 0 Å². The molecule has 2 N–H and O–H groups in total. The molecular weight excluding hydrogens is 212 g/mol. The summed E-state index contributed by atoms with van der Waals surface area (Å²) < 4.78 is 0. The number of piperidine rings is 1. The number of hydrogen-bond donors (Lipinski definition) is 2. The van der Waals surface area contributed by atoms with Gasteiger partial charge in [-0.3, -0.25) is 4.98 Å². The molecular formula is C10H17ClN4. The highest BCUT2D eigenvalue weighted by Crippen LogP contribution is 2.10. The van der Waals surface area contributed by atoms with Gasteiger partial charge in [-0.15, -0.1) is 12.4 Å². The first kappa shape index (κ1) is 12.2. The molecule has 1 unspecified atom stereocenters. The number of aromatic nitrogens is 2. The third-order valence-electron chi connectivity index (χ3n) is 2.53. The summed E-state index contributed by atoms with van der Waals surface area (Å²) >= 11 is 0. The first-order valence-electron chi connectivity index (χ1n) is 5.16. The van der Waals surface area contributed by atoms with Gasteiger partial charge in [0.25, 0.3) is 0 Å². The Morgan fingerprint density at radius 3 is 3.07 bits per heavy atom. The average Bonchev–Trinajstić information content (AvgIpc) is 2.29. The van der Waals surface area contributed by atoms with Gasteiger partial charge in [0.1, 0.15) is 5.82 Å². The molecule has 0 bridgehead atoms. The first-order chi connectivity index (χ1) is 6.95. The number of nitrogens with zero attached hydrogens (tertiary/aromatic N) is 2. The first-order valence-corrected chi connectivity index (χ1v) is 5.16. The minimum absolute atomic E-state index is 0. The Labute approximate surface area is 96.3 Å². The number of anilines is 1. The lowest BCUT2D eigenvalue weighted by Crippen LogP contribution is -2.33. The van der Waals surface area contributed by atoms with Gasteiger partial charge >= 0.3 is 0 Å². The van der Waals surface area contributed by atoms with Crippen molar-refractivity contribution in [2.75, 3.05) is 25.0 Å². The molecule has 1 aliphatic heterocycles. The molecule has 1 aromatic rings. The van der Waals surface area contributed by atoms with Crippen LogP contribution in [0.15, 0.2) is 18.6 Å². The second kappa shape index (κ2) is 6.58. The zero-order valence-electron chi connectivity index (χ0n) is 8.65. The van der Waals surface area contributed by atoms with Crippen LogP contribution in [0.4, 0.5) is 5.82 Å². The van der Waals surface area contributed by atoms with Crippen LogP contribution in [0.2, 0.25) is 0 Å². The van der Waals surface area contributed by atoms with Crippen LogP contribution in [0, 0.1) is 5.92 Å². The molecule has 1 aliphatic rings. The zero-order valence-corrected chi connectivity index (χ0v) is 9.46. The van der Waals surface area contributed by atoms with Crippen LogP contribution in [0.5, 0.6) is 0 Å². The topological polar surface area (TPSA) is 49.8 Å². The summed E-state index contributed by atoms with van der Waals surface area (Å²) in [6.45, 7) is 3.28. The minimum Gasteiger partial charge on any atom is -0.368 e. The lowest BCUT2D eigenvalue weighted by molar-refractivity contribution is 0.392. The van der Waals surface area contributed by atoms with Crippen molar-refractivity contribution in [1.82, 2.24) is 15.3 Å². The van der Waals surface area contributed by atoms with Crippen molar-refractivity contribution >= 4 is 18.2 Å². The maximum Gasteiger partial charge on any atom is 0.144 e. The molecule has 0 saturated carbocycles. The predicted molar refractivity (Wildman–Crippen MR) is 63.4 cm³/mol. The summed E-state index contributed by atoms with van der Waals surface area (Å²) in [6.07, 6.45) is 7.75. The summed E-state index contributed by atoms with van der Waals surface area (Å²) in [7, 11) is 0. The third kappa shape index (κ3) is 4.01. The molecule has 1 atom stereocenters. The van der Waals surface area contributed by atoms with E-state index < -0.39 is 0 Å². The highest BCUT2D eigenvalue weighted by Gasteiger charge is 2.12. The maximum absolute atomic E-state index is 4.17. The zero-order chi connectivity index (χ0) is 9.64. The fraction of sp³-hybridized carbons (Fsp3) is 0.600. The van der Waals surface area contributed by atoms with E-state index in [0.29, 0.717) is 0 Å². The van der Waals surface area contributed by atoms with Crippen molar-refractivity contribution in [1.29, 1.82) is 0 Å². The lowest BCUT2D eigenvalue weighted by atomic mass is 10.00. The minimum atomic E-state index is 0. The van der Waals surface area contributed by atoms with Gasteiger partial charge in [0.15, 0.2) is 0 Å². The van der Waals surface area contributed by atoms with E-state index in [9.17, 15) is 0 Å². The molecule has 2 heterocycles. The summed E-state index contributed by atoms with van der Waals surface area (Å²) in [5.41, 5.74) is 0. The van der Waals surface area contributed by atoms with E-state index >= 15 is 0 Å². The van der Waals surface area contributed by atoms with Crippen molar-refractivity contribution in [3.63, 3.8) is 0 Å². The van der Waals surface area contributed by atoms with Crippen LogP contribution < -0.4 is 10.6 Å². The average molecular weight is 229 g/mol. The molecule has 1 saturated heterocycles. The Kier molecular flexibility index (Phi) is 5.36. The molecule has 1 fully saturated rings. The molecule has 0 spiro atoms. The van der Waals surface area contributed by atoms with Crippen LogP contribution in [-0.4, -0.2) is 29.6 Å². The van der Waals surface area contributed by atoms with Crippen molar-refractivity contribution in [2.24, 2.45) is 5.92 Å². The molecule has 0 radical (unpaired) electrons. The molecule has 2 rings (SSSR count). The van der Waals surface area contributed by atoms with Gasteiger partial charge in [0, 0.05) is 18.9 Å². The van der Waals surface area contributed by atoms with Crippen molar-refractivity contribution in [3.8, 4) is 0 Å². The van der Waals surface area contributed by atoms with Gasteiger partial charge in [0.05, 0.1) is 6.20 Å². The molecule has 4 nitrogen and oxygen atoms in total. The summed E-state index contributed by atoms with van der Waals surface area (Å²) in [5.74, 6) is 1.60. The van der Waals surface area contributed by atoms with Crippen LogP contribution in [0.3, 0.4) is 0 Å². The summed E-state index contributed by atoms with van der Waals surface area (Å²) in [6, 6.07) is 0. The number of nitrogens with one attached hydrogen (secondary N) is 2. The molecule has 0 aliphatic carbocycles. The summed E-state index contributed by atoms with van der Waals surface area (Å²) in [5, 5.41) is 6.70. The van der Waals surface area contributed by atoms with Crippen molar-refractivity contribution in [2.45, 2.75) is 12.8 Å². The van der Waals surface area contributed by atoms with Gasteiger partial charge in [0.2, 0.25) is 0 Å². The van der Waals surface area contributed by atoms with Gasteiger partial charge in [-0.1, -0.05) is 0 Å². The second-order valence-electron chi connectivity index (χ2n) is 3.68. The van der Waals surface area contributed by atoms with Gasteiger partial charge in [-0.2, -0.15) is 0 Å². The molecule has 0 amide bonds. The quantitative estimate of drug-likeness (QED) is 0.819. The maximum atomic E-state index is 4.17. The SMILES string of the molecule is Cl.c1cnc(NCC2CCCNC2)cn1. The lowest BCUT2D eigenvalue weighted by Gasteiger charge is -2.22. The van der Waals surface area contributed by atoms with Gasteiger partial charge in [-0.05, 0) is 31.8 Å². The fourth-order valence-electron chi connectivity index (χ4n) is 1.74. The highest BCUT2D eigenvalue weighted by atomic mass is 35.5. The van der Waals surface area contributed by atoms with Crippen LogP contribution in [-0.2, 0) is 0 Å². The molecule has 0 aromatic carbocycles. The van der Waals surface area contributed by atoms with E-state index in [1.54, 1.807) is 18.6 Å². The van der Waals surface area contributed by atoms with Gasteiger partial charge in [-0.25, -0.2) is 4.98 Å². The predicted octanol–water partition coefficient (Wildman–Crippen LogP) is 1.31. The van der Waals surface area contributed by atoms with Crippen LogP contribution in [0.1, 0.15) is 12.8 Å². The molecule has 1 aromatic heterocycles. The van der Waals surface area contributed by atoms with Gasteiger partial charge < -0.3 is 10.6 Å². The Bertz CT molecular complexity index is 261. The normalized spacial score (nSPS) is 20.4. The molecule has 84 valence electrons. The molecule has 5 heteroatoms. The van der Waals surface area contributed by atoms with Crippen LogP contribution >= 0.6 is 12.4 Å². The van der Waals surface area contributed by atoms with E-state index in [1.165, 1.54) is 19.4 Å². The highest BCUT2D eigenvalue weighted by molar-refractivity contribution is 5.85. The monoisotopic (exact) mass is 228 g/mol. The van der Waals surface area contributed by atoms with E-state index in [-0.39, 0.29) is 12.4 Å². The number of halogens is 1. The third-order valence-corrected chi connectivity index (χ3v) is 2.53. The standard InChI is InChI=1S/C10H16N4.ClH/c1-2-9(6-11-3-1)7-14-10-8-12-4-5-13-10;/h4-5,8-9,11H,1-3,6-7H2,(H,13,14);1H. The Hall–Kier alpha value is -0.870. The largest absolute Gasteiger partial charge is 0.368 e. The Morgan fingerprint density at radius 1 is 1.47 bits per heavy atom. The van der Waals surface area contributed by atoms with E-state index in [0.717, 1.165) is 24.8 Å². The number of hydrogen-bond acceptors (Lipinski definition) is 4. The smallest absolute Gasteiger partial charge is 0.144 e. The van der Waals surface area contributed by atoms with Crippen LogP contribution in [0.25, 0.3) is 0 Å². The summed E-state index contributed by atoms with van der Waals surface area (Å²) in [4.78, 5) is 8.18. The van der Waals surface area contributed by atoms with E-state index in [2.05, 4.69) is 20.6 Å². The van der Waals surface area contributed by atoms with Crippen molar-refractivity contribution < 1.29 is 0 Å². The number of rotatable bonds is 3. The molecule has 15 heavy (non-hydrogen) atoms. The Balaban J connectivity index is 0.00000112. The fourth-order valence-corrected chi connectivity index (χ4v) is 1.74. The van der Waals surface area contributed by atoms with Crippen molar-refractivity contribution in [3.05, 3.63) is 18.6 Å². The second-order valence-corrected chi connectivity index (χ2v) is 3.68. The Morgan fingerprint density at radius 2 is 2.40 bits per heavy atom.